The average Bonchev–Trinajstić information content (AvgIpc) is 1.88. The van der Waals surface area contributed by atoms with Crippen LogP contribution in [0.2, 0.25) is 0 Å². The van der Waals surface area contributed by atoms with E-state index < -0.39 is 0 Å². The minimum absolute atomic E-state index is 0.240. The quantitative estimate of drug-likeness (QED) is 0.442. The van der Waals surface area contributed by atoms with Crippen LogP contribution >= 0.6 is 11.6 Å². The molecule has 54 valence electrons. The van der Waals surface area contributed by atoms with E-state index >= 15 is 0 Å². The van der Waals surface area contributed by atoms with Crippen LogP contribution in [0.1, 0.15) is 26.2 Å². The van der Waals surface area contributed by atoms with Gasteiger partial charge in [0, 0.05) is 0 Å². The highest BCUT2D eigenvalue weighted by Crippen LogP contribution is 2.20. The van der Waals surface area contributed by atoms with Crippen molar-refractivity contribution in [3.8, 4) is 0 Å². The van der Waals surface area contributed by atoms with Crippen molar-refractivity contribution in [1.29, 1.82) is 0 Å². The summed E-state index contributed by atoms with van der Waals surface area (Å²) in [5.74, 6) is 0.869. The van der Waals surface area contributed by atoms with Crippen molar-refractivity contribution < 1.29 is 0 Å². The van der Waals surface area contributed by atoms with Gasteiger partial charge >= 0.3 is 0 Å². The summed E-state index contributed by atoms with van der Waals surface area (Å²) in [5, 5.41) is 3.21. The van der Waals surface area contributed by atoms with Gasteiger partial charge in [0.25, 0.3) is 0 Å². The Morgan fingerprint density at radius 3 is 2.89 bits per heavy atom. The molecule has 0 spiro atoms. The van der Waals surface area contributed by atoms with Crippen LogP contribution in [0.5, 0.6) is 0 Å². The lowest BCUT2D eigenvalue weighted by molar-refractivity contribution is 0.344. The Hall–Kier alpha value is 0.250. The predicted octanol–water partition coefficient (Wildman–Crippen LogP) is 1.96. The highest BCUT2D eigenvalue weighted by Gasteiger charge is 2.17. The summed E-state index contributed by atoms with van der Waals surface area (Å²) in [6, 6.07) is 0. The van der Waals surface area contributed by atoms with E-state index in [0.717, 1.165) is 18.9 Å². The van der Waals surface area contributed by atoms with Crippen LogP contribution < -0.4 is 5.32 Å². The largest absolute Gasteiger partial charge is 0.301 e. The Kier molecular flexibility index (Phi) is 2.80. The van der Waals surface area contributed by atoms with Crippen LogP contribution in [0.4, 0.5) is 0 Å². The van der Waals surface area contributed by atoms with Crippen LogP contribution in [-0.2, 0) is 0 Å². The lowest BCUT2D eigenvalue weighted by Crippen LogP contribution is -2.33. The fourth-order valence-corrected chi connectivity index (χ4v) is 1.67. The molecular weight excluding hydrogens is 134 g/mol. The molecule has 0 bridgehead atoms. The maximum Gasteiger partial charge on any atom is 0.0828 e. The summed E-state index contributed by atoms with van der Waals surface area (Å²) in [7, 11) is 0. The van der Waals surface area contributed by atoms with E-state index in [1.165, 1.54) is 12.8 Å². The SMILES string of the molecule is CCC1CCNC(Cl)C1. The first kappa shape index (κ1) is 7.36. The molecule has 0 aromatic carbocycles. The summed E-state index contributed by atoms with van der Waals surface area (Å²) in [5.41, 5.74) is 0.240. The number of piperidine rings is 1. The second-order valence-corrected chi connectivity index (χ2v) is 3.25. The molecule has 0 aromatic rings. The predicted molar refractivity (Wildman–Crippen MR) is 40.7 cm³/mol. The molecule has 1 saturated heterocycles. The van der Waals surface area contributed by atoms with Gasteiger partial charge in [-0.25, -0.2) is 0 Å². The smallest absolute Gasteiger partial charge is 0.0828 e. The van der Waals surface area contributed by atoms with Crippen LogP contribution in [0.15, 0.2) is 0 Å². The topological polar surface area (TPSA) is 12.0 Å². The first-order chi connectivity index (χ1) is 4.33. The van der Waals surface area contributed by atoms with Gasteiger partial charge in [0.2, 0.25) is 0 Å². The van der Waals surface area contributed by atoms with E-state index in [4.69, 9.17) is 11.6 Å². The normalized spacial score (nSPS) is 36.7. The molecule has 2 atom stereocenters. The monoisotopic (exact) mass is 147 g/mol. The second kappa shape index (κ2) is 3.43. The molecule has 9 heavy (non-hydrogen) atoms. The Bertz CT molecular complexity index is 85.0. The number of hydrogen-bond donors (Lipinski definition) is 1. The average molecular weight is 148 g/mol. The van der Waals surface area contributed by atoms with E-state index in [2.05, 4.69) is 12.2 Å². The van der Waals surface area contributed by atoms with Gasteiger partial charge in [-0.3, -0.25) is 0 Å². The third kappa shape index (κ3) is 2.15. The Morgan fingerprint density at radius 2 is 2.44 bits per heavy atom. The van der Waals surface area contributed by atoms with E-state index in [9.17, 15) is 0 Å². The van der Waals surface area contributed by atoms with Gasteiger partial charge in [-0.15, -0.1) is 11.6 Å². The van der Waals surface area contributed by atoms with Gasteiger partial charge in [-0.2, -0.15) is 0 Å². The summed E-state index contributed by atoms with van der Waals surface area (Å²) in [6.45, 7) is 3.34. The number of hydrogen-bond acceptors (Lipinski definition) is 1. The molecule has 0 saturated carbocycles. The standard InChI is InChI=1S/C7H14ClN/c1-2-6-3-4-9-7(8)5-6/h6-7,9H,2-5H2,1H3. The molecule has 0 radical (unpaired) electrons. The highest BCUT2D eigenvalue weighted by molar-refractivity contribution is 6.20. The van der Waals surface area contributed by atoms with Gasteiger partial charge in [-0.1, -0.05) is 13.3 Å². The van der Waals surface area contributed by atoms with Crippen molar-refractivity contribution in [2.75, 3.05) is 6.54 Å². The van der Waals surface area contributed by atoms with Gasteiger partial charge in [0.1, 0.15) is 0 Å². The number of nitrogens with one attached hydrogen (secondary N) is 1. The van der Waals surface area contributed by atoms with Crippen molar-refractivity contribution >= 4 is 11.6 Å². The van der Waals surface area contributed by atoms with E-state index in [1.54, 1.807) is 0 Å². The molecular formula is C7H14ClN. The molecule has 1 aliphatic heterocycles. The van der Waals surface area contributed by atoms with Crippen molar-refractivity contribution in [2.45, 2.75) is 31.7 Å². The van der Waals surface area contributed by atoms with Crippen molar-refractivity contribution in [2.24, 2.45) is 5.92 Å². The molecule has 0 amide bonds. The van der Waals surface area contributed by atoms with Crippen molar-refractivity contribution in [3.05, 3.63) is 0 Å². The Balaban J connectivity index is 2.23. The zero-order chi connectivity index (χ0) is 6.69. The lowest BCUT2D eigenvalue weighted by atomic mass is 9.96. The molecule has 1 fully saturated rings. The molecule has 1 nitrogen and oxygen atoms in total. The second-order valence-electron chi connectivity index (χ2n) is 2.72. The summed E-state index contributed by atoms with van der Waals surface area (Å²) < 4.78 is 0. The summed E-state index contributed by atoms with van der Waals surface area (Å²) in [4.78, 5) is 0. The zero-order valence-electron chi connectivity index (χ0n) is 5.86. The van der Waals surface area contributed by atoms with Crippen LogP contribution in [-0.4, -0.2) is 12.0 Å². The summed E-state index contributed by atoms with van der Waals surface area (Å²) in [6.07, 6.45) is 3.74. The Morgan fingerprint density at radius 1 is 1.67 bits per heavy atom. The van der Waals surface area contributed by atoms with Crippen LogP contribution in [0, 0.1) is 5.92 Å². The molecule has 0 aliphatic carbocycles. The third-order valence-electron chi connectivity index (χ3n) is 2.04. The van der Waals surface area contributed by atoms with E-state index in [0.29, 0.717) is 0 Å². The molecule has 1 aliphatic rings. The molecule has 0 aromatic heterocycles. The molecule has 2 heteroatoms. The van der Waals surface area contributed by atoms with Gasteiger partial charge in [-0.05, 0) is 25.3 Å². The fraction of sp³-hybridized carbons (Fsp3) is 1.00. The van der Waals surface area contributed by atoms with Gasteiger partial charge in [0.15, 0.2) is 0 Å². The summed E-state index contributed by atoms with van der Waals surface area (Å²) >= 11 is 5.88. The minimum atomic E-state index is 0.240. The zero-order valence-corrected chi connectivity index (χ0v) is 6.62. The number of halogens is 1. The van der Waals surface area contributed by atoms with Gasteiger partial charge in [0.05, 0.1) is 5.50 Å². The lowest BCUT2D eigenvalue weighted by Gasteiger charge is -2.25. The van der Waals surface area contributed by atoms with Crippen molar-refractivity contribution in [1.82, 2.24) is 5.32 Å². The highest BCUT2D eigenvalue weighted by atomic mass is 35.5. The minimum Gasteiger partial charge on any atom is -0.301 e. The van der Waals surface area contributed by atoms with Crippen LogP contribution in [0.3, 0.4) is 0 Å². The van der Waals surface area contributed by atoms with Crippen LogP contribution in [0.25, 0.3) is 0 Å². The number of rotatable bonds is 1. The van der Waals surface area contributed by atoms with E-state index in [-0.39, 0.29) is 5.50 Å². The third-order valence-corrected chi connectivity index (χ3v) is 2.37. The molecule has 2 unspecified atom stereocenters. The maximum atomic E-state index is 5.88. The molecule has 1 N–H and O–H groups in total. The molecule has 1 rings (SSSR count). The van der Waals surface area contributed by atoms with Crippen molar-refractivity contribution in [3.63, 3.8) is 0 Å². The Labute approximate surface area is 61.8 Å². The maximum absolute atomic E-state index is 5.88. The fourth-order valence-electron chi connectivity index (χ4n) is 1.31. The number of alkyl halides is 1. The van der Waals surface area contributed by atoms with Gasteiger partial charge < -0.3 is 5.32 Å². The first-order valence-electron chi connectivity index (χ1n) is 3.70. The first-order valence-corrected chi connectivity index (χ1v) is 4.14. The van der Waals surface area contributed by atoms with E-state index in [1.807, 2.05) is 0 Å². The molecule has 1 heterocycles.